The lowest BCUT2D eigenvalue weighted by Gasteiger charge is -2.35. The second-order valence-corrected chi connectivity index (χ2v) is 10.3. The molecule has 2 aromatic rings. The molecule has 0 N–H and O–H groups in total. The second-order valence-electron chi connectivity index (χ2n) is 10.3. The number of hydrogen-bond acceptors (Lipinski definition) is 7. The lowest BCUT2D eigenvalue weighted by atomic mass is 9.96. The largest absolute Gasteiger partial charge is 0.471 e. The molecule has 2 saturated heterocycles. The van der Waals surface area contributed by atoms with Gasteiger partial charge in [0.25, 0.3) is 5.91 Å². The lowest BCUT2D eigenvalue weighted by molar-refractivity contribution is -0.145. The van der Waals surface area contributed by atoms with Gasteiger partial charge in [-0.05, 0) is 48.6 Å². The van der Waals surface area contributed by atoms with E-state index in [4.69, 9.17) is 4.74 Å². The minimum atomic E-state index is -1.26. The zero-order valence-corrected chi connectivity index (χ0v) is 21.2. The predicted molar refractivity (Wildman–Crippen MR) is 139 cm³/mol. The monoisotopic (exact) mass is 514 g/mol. The third-order valence-electron chi connectivity index (χ3n) is 7.93. The summed E-state index contributed by atoms with van der Waals surface area (Å²) in [5.74, 6) is -0.120. The molecule has 0 radical (unpaired) electrons. The first kappa shape index (κ1) is 24.5. The van der Waals surface area contributed by atoms with Crippen LogP contribution in [0.25, 0.3) is 11.3 Å². The number of ketones is 2. The third-order valence-corrected chi connectivity index (χ3v) is 7.93. The van der Waals surface area contributed by atoms with Gasteiger partial charge in [-0.25, -0.2) is 0 Å². The Morgan fingerprint density at radius 3 is 2.34 bits per heavy atom. The smallest absolute Gasteiger partial charge is 0.271 e. The first-order chi connectivity index (χ1) is 18.5. The second kappa shape index (κ2) is 10.1. The van der Waals surface area contributed by atoms with Crippen LogP contribution in [0.3, 0.4) is 0 Å². The molecule has 1 unspecified atom stereocenters. The van der Waals surface area contributed by atoms with E-state index in [9.17, 15) is 19.2 Å². The van der Waals surface area contributed by atoms with E-state index in [2.05, 4.69) is 9.88 Å². The van der Waals surface area contributed by atoms with Gasteiger partial charge in [0.05, 0.1) is 12.1 Å². The maximum absolute atomic E-state index is 13.7. The average molecular weight is 515 g/mol. The number of aryl methyl sites for hydroxylation is 1. The minimum absolute atomic E-state index is 0.118. The molecule has 2 fully saturated rings. The summed E-state index contributed by atoms with van der Waals surface area (Å²) in [5.41, 5.74) is 3.30. The van der Waals surface area contributed by atoms with E-state index in [-0.39, 0.29) is 23.4 Å². The molecule has 1 aliphatic carbocycles. The molecule has 4 aliphatic rings. The van der Waals surface area contributed by atoms with Crippen molar-refractivity contribution in [2.24, 2.45) is 0 Å². The summed E-state index contributed by atoms with van der Waals surface area (Å²) in [7, 11) is 0. The molecule has 9 nitrogen and oxygen atoms in total. The van der Waals surface area contributed by atoms with Crippen LogP contribution in [0.2, 0.25) is 0 Å². The van der Waals surface area contributed by atoms with Gasteiger partial charge in [-0.2, -0.15) is 0 Å². The number of piperazine rings is 1. The van der Waals surface area contributed by atoms with Crippen molar-refractivity contribution in [2.45, 2.75) is 31.8 Å². The number of hydrogen-bond donors (Lipinski definition) is 0. The van der Waals surface area contributed by atoms with E-state index in [1.54, 1.807) is 41.6 Å². The van der Waals surface area contributed by atoms with Crippen LogP contribution < -0.4 is 0 Å². The Kier molecular flexibility index (Phi) is 6.53. The van der Waals surface area contributed by atoms with Gasteiger partial charge in [-0.1, -0.05) is 12.1 Å². The van der Waals surface area contributed by atoms with Crippen molar-refractivity contribution < 1.29 is 23.9 Å². The minimum Gasteiger partial charge on any atom is -0.471 e. The number of carbonyl (C=O) groups is 4. The molecule has 38 heavy (non-hydrogen) atoms. The fraction of sp³-hybridized carbons (Fsp3) is 0.414. The normalized spacial score (nSPS) is 21.7. The number of likely N-dealkylation sites (tertiary alicyclic amines) is 1. The molecule has 0 saturated carbocycles. The van der Waals surface area contributed by atoms with Crippen molar-refractivity contribution in [3.63, 3.8) is 0 Å². The van der Waals surface area contributed by atoms with Crippen LogP contribution in [-0.4, -0.2) is 95.0 Å². The Bertz CT molecular complexity index is 1320. The highest BCUT2D eigenvalue weighted by Gasteiger charge is 2.43. The molecule has 3 aliphatic heterocycles. The summed E-state index contributed by atoms with van der Waals surface area (Å²) in [6.45, 7) is 4.02. The molecule has 4 heterocycles. The Morgan fingerprint density at radius 2 is 1.61 bits per heavy atom. The van der Waals surface area contributed by atoms with Crippen molar-refractivity contribution in [2.75, 3.05) is 45.8 Å². The summed E-state index contributed by atoms with van der Waals surface area (Å²) >= 11 is 0. The lowest BCUT2D eigenvalue weighted by Crippen LogP contribution is -2.54. The molecule has 9 heteroatoms. The van der Waals surface area contributed by atoms with E-state index < -0.39 is 6.10 Å². The van der Waals surface area contributed by atoms with Crippen LogP contribution in [0.5, 0.6) is 0 Å². The van der Waals surface area contributed by atoms with Crippen LogP contribution >= 0.6 is 0 Å². The van der Waals surface area contributed by atoms with E-state index in [1.165, 1.54) is 0 Å². The van der Waals surface area contributed by atoms with Gasteiger partial charge >= 0.3 is 0 Å². The third kappa shape index (κ3) is 4.51. The number of benzene rings is 1. The SMILES string of the molecule is O=C1CCc2cc(C3=C(c4ccncc4)C(=O)C(C(=O)N4CCN(CC(=O)N5CCCC5)CC4)O3)ccc21. The Hall–Kier alpha value is -3.85. The van der Waals surface area contributed by atoms with Crippen LogP contribution in [0.15, 0.2) is 42.7 Å². The number of Topliss-reactive ketones (excluding diaryl/α,β-unsaturated/α-hetero) is 2. The predicted octanol–water partition coefficient (Wildman–Crippen LogP) is 1.81. The Morgan fingerprint density at radius 1 is 0.868 bits per heavy atom. The van der Waals surface area contributed by atoms with E-state index >= 15 is 0 Å². The van der Waals surface area contributed by atoms with Gasteiger partial charge in [0.1, 0.15) is 5.76 Å². The topological polar surface area (TPSA) is 100 Å². The molecule has 6 rings (SSSR count). The van der Waals surface area contributed by atoms with Gasteiger partial charge < -0.3 is 14.5 Å². The molecule has 1 atom stereocenters. The summed E-state index contributed by atoms with van der Waals surface area (Å²) in [5, 5.41) is 0. The molecule has 0 spiro atoms. The first-order valence-electron chi connectivity index (χ1n) is 13.3. The standard InChI is InChI=1S/C29H30N4O5/c34-23-6-4-20-17-21(3-5-22(20)23)27-25(19-7-9-30-10-8-19)26(36)28(38-27)29(37)33-15-13-31(14-16-33)18-24(35)32-11-1-2-12-32/h3,5,7-10,17,28H,1-2,4,6,11-16,18H2. The first-order valence-corrected chi connectivity index (χ1v) is 13.3. The highest BCUT2D eigenvalue weighted by atomic mass is 16.5. The van der Waals surface area contributed by atoms with Crippen LogP contribution in [0.4, 0.5) is 0 Å². The zero-order chi connectivity index (χ0) is 26.2. The van der Waals surface area contributed by atoms with E-state index in [0.29, 0.717) is 73.6 Å². The molecule has 0 bridgehead atoms. The fourth-order valence-electron chi connectivity index (χ4n) is 5.79. The molecular weight excluding hydrogens is 484 g/mol. The average Bonchev–Trinajstić information content (AvgIpc) is 3.69. The van der Waals surface area contributed by atoms with Crippen LogP contribution in [0.1, 0.15) is 46.3 Å². The van der Waals surface area contributed by atoms with Gasteiger partial charge in [0.2, 0.25) is 17.8 Å². The van der Waals surface area contributed by atoms with Crippen molar-refractivity contribution in [3.05, 3.63) is 65.0 Å². The molecular formula is C29H30N4O5. The highest BCUT2D eigenvalue weighted by molar-refractivity contribution is 6.36. The van der Waals surface area contributed by atoms with Crippen molar-refractivity contribution in [1.29, 1.82) is 0 Å². The zero-order valence-electron chi connectivity index (χ0n) is 21.2. The quantitative estimate of drug-likeness (QED) is 0.561. The highest BCUT2D eigenvalue weighted by Crippen LogP contribution is 2.38. The summed E-state index contributed by atoms with van der Waals surface area (Å²) in [6, 6.07) is 8.93. The number of carbonyl (C=O) groups excluding carboxylic acids is 4. The van der Waals surface area contributed by atoms with Crippen molar-refractivity contribution in [3.8, 4) is 0 Å². The number of pyridine rings is 1. The summed E-state index contributed by atoms with van der Waals surface area (Å²) < 4.78 is 6.15. The Balaban J connectivity index is 1.19. The summed E-state index contributed by atoms with van der Waals surface area (Å²) in [6.07, 6.45) is 5.20. The molecule has 2 amide bonds. The molecule has 1 aromatic heterocycles. The molecule has 196 valence electrons. The van der Waals surface area contributed by atoms with Crippen molar-refractivity contribution in [1.82, 2.24) is 19.7 Å². The van der Waals surface area contributed by atoms with Crippen LogP contribution in [0, 0.1) is 0 Å². The molecule has 1 aromatic carbocycles. The number of rotatable bonds is 5. The van der Waals surface area contributed by atoms with E-state index in [0.717, 1.165) is 31.5 Å². The summed E-state index contributed by atoms with van der Waals surface area (Å²) in [4.78, 5) is 61.5. The number of amides is 2. The van der Waals surface area contributed by atoms with Gasteiger partial charge in [-0.3, -0.25) is 29.1 Å². The number of aromatic nitrogens is 1. The number of ether oxygens (including phenoxy) is 1. The van der Waals surface area contributed by atoms with Crippen molar-refractivity contribution >= 4 is 34.7 Å². The fourth-order valence-corrected chi connectivity index (χ4v) is 5.79. The van der Waals surface area contributed by atoms with Gasteiger partial charge in [0, 0.05) is 69.2 Å². The maximum Gasteiger partial charge on any atom is 0.271 e. The van der Waals surface area contributed by atoms with Gasteiger partial charge in [0.15, 0.2) is 5.78 Å². The number of fused-ring (bicyclic) bond motifs is 1. The van der Waals surface area contributed by atoms with E-state index in [1.807, 2.05) is 11.0 Å². The number of nitrogens with zero attached hydrogens (tertiary/aromatic N) is 4. The maximum atomic E-state index is 13.7. The Labute approximate surface area is 221 Å². The van der Waals surface area contributed by atoms with Crippen LogP contribution in [-0.2, 0) is 25.5 Å². The van der Waals surface area contributed by atoms with Gasteiger partial charge in [-0.15, -0.1) is 0 Å².